The average molecular weight is 246 g/mol. The van der Waals surface area contributed by atoms with Gasteiger partial charge in [-0.2, -0.15) is 0 Å². The van der Waals surface area contributed by atoms with E-state index in [1.807, 2.05) is 29.9 Å². The number of benzene rings is 1. The summed E-state index contributed by atoms with van der Waals surface area (Å²) in [4.78, 5) is 0. The van der Waals surface area contributed by atoms with Crippen molar-refractivity contribution >= 4 is 0 Å². The maximum Gasteiger partial charge on any atom is 0.120 e. The van der Waals surface area contributed by atoms with Crippen molar-refractivity contribution in [2.75, 3.05) is 6.54 Å². The van der Waals surface area contributed by atoms with E-state index in [2.05, 4.69) is 15.6 Å². The first-order chi connectivity index (χ1) is 8.75. The number of aromatic nitrogens is 3. The molecular formula is C13H18N4O. The van der Waals surface area contributed by atoms with Gasteiger partial charge in [-0.25, -0.2) is 0 Å². The lowest BCUT2D eigenvalue weighted by atomic mass is 10.1. The van der Waals surface area contributed by atoms with Gasteiger partial charge in [0.15, 0.2) is 0 Å². The first-order valence-corrected chi connectivity index (χ1v) is 6.09. The second kappa shape index (κ2) is 6.16. The van der Waals surface area contributed by atoms with Gasteiger partial charge < -0.3 is 10.4 Å². The Morgan fingerprint density at radius 3 is 3.06 bits per heavy atom. The van der Waals surface area contributed by atoms with E-state index in [1.165, 1.54) is 0 Å². The molecule has 0 aliphatic heterocycles. The van der Waals surface area contributed by atoms with Gasteiger partial charge in [-0.3, -0.25) is 4.68 Å². The van der Waals surface area contributed by atoms with Crippen LogP contribution in [0.2, 0.25) is 0 Å². The number of hydrogen-bond acceptors (Lipinski definition) is 4. The predicted molar refractivity (Wildman–Crippen MR) is 69.2 cm³/mol. The van der Waals surface area contributed by atoms with Gasteiger partial charge in [-0.15, -0.1) is 5.10 Å². The number of hydrogen-bond donors (Lipinski definition) is 2. The van der Waals surface area contributed by atoms with Gasteiger partial charge in [-0.05, 0) is 26.0 Å². The highest BCUT2D eigenvalue weighted by molar-refractivity contribution is 5.35. The molecule has 2 N–H and O–H groups in total. The van der Waals surface area contributed by atoms with E-state index >= 15 is 0 Å². The Labute approximate surface area is 106 Å². The molecule has 0 saturated carbocycles. The zero-order valence-electron chi connectivity index (χ0n) is 10.5. The van der Waals surface area contributed by atoms with E-state index in [9.17, 15) is 5.11 Å². The first-order valence-electron chi connectivity index (χ1n) is 6.09. The van der Waals surface area contributed by atoms with Crippen LogP contribution in [0.3, 0.4) is 0 Å². The minimum Gasteiger partial charge on any atom is -0.508 e. The lowest BCUT2D eigenvalue weighted by Gasteiger charge is -2.07. The number of phenols is 1. The van der Waals surface area contributed by atoms with Gasteiger partial charge in [0.1, 0.15) is 5.75 Å². The number of nitrogens with zero attached hydrogens (tertiary/aromatic N) is 3. The van der Waals surface area contributed by atoms with Crippen LogP contribution in [-0.4, -0.2) is 26.6 Å². The van der Waals surface area contributed by atoms with Crippen molar-refractivity contribution < 1.29 is 5.11 Å². The molecule has 1 aromatic carbocycles. The van der Waals surface area contributed by atoms with Crippen LogP contribution in [0.25, 0.3) is 0 Å². The lowest BCUT2D eigenvalue weighted by molar-refractivity contribution is 0.462. The molecular weight excluding hydrogens is 228 g/mol. The molecule has 0 aliphatic carbocycles. The molecule has 1 heterocycles. The summed E-state index contributed by atoms with van der Waals surface area (Å²) in [5.74, 6) is 0.351. The van der Waals surface area contributed by atoms with Crippen LogP contribution < -0.4 is 5.32 Å². The van der Waals surface area contributed by atoms with Gasteiger partial charge in [-0.1, -0.05) is 22.9 Å². The average Bonchev–Trinajstić information content (AvgIpc) is 2.86. The highest BCUT2D eigenvalue weighted by Gasteiger charge is 2.00. The van der Waals surface area contributed by atoms with Crippen molar-refractivity contribution in [3.63, 3.8) is 0 Å². The molecule has 5 nitrogen and oxygen atoms in total. The van der Waals surface area contributed by atoms with Crippen molar-refractivity contribution in [3.8, 4) is 5.75 Å². The first kappa shape index (κ1) is 12.6. The maximum atomic E-state index is 9.68. The summed E-state index contributed by atoms with van der Waals surface area (Å²) in [6.07, 6.45) is 4.51. The Balaban J connectivity index is 1.70. The molecule has 0 saturated heterocycles. The summed E-state index contributed by atoms with van der Waals surface area (Å²) >= 11 is 0. The van der Waals surface area contributed by atoms with Crippen molar-refractivity contribution in [1.29, 1.82) is 0 Å². The van der Waals surface area contributed by atoms with Crippen LogP contribution in [0.15, 0.2) is 30.6 Å². The molecule has 0 unspecified atom stereocenters. The Morgan fingerprint density at radius 2 is 2.28 bits per heavy atom. The van der Waals surface area contributed by atoms with Crippen LogP contribution in [0, 0.1) is 6.92 Å². The number of phenolic OH excluding ortho intramolecular Hbond substituents is 1. The van der Waals surface area contributed by atoms with Gasteiger partial charge in [0.05, 0.1) is 6.20 Å². The van der Waals surface area contributed by atoms with E-state index in [0.29, 0.717) is 12.3 Å². The van der Waals surface area contributed by atoms with Crippen molar-refractivity contribution in [2.24, 2.45) is 0 Å². The molecule has 5 heteroatoms. The molecule has 96 valence electrons. The SMILES string of the molecule is Cc1ccc(O)c(CNCCCn2ccnn2)c1. The highest BCUT2D eigenvalue weighted by atomic mass is 16.3. The quantitative estimate of drug-likeness (QED) is 0.758. The summed E-state index contributed by atoms with van der Waals surface area (Å²) in [5, 5.41) is 20.6. The summed E-state index contributed by atoms with van der Waals surface area (Å²) in [6.45, 7) is 4.44. The van der Waals surface area contributed by atoms with Gasteiger partial charge in [0, 0.05) is 24.8 Å². The molecule has 2 aromatic rings. The van der Waals surface area contributed by atoms with Crippen molar-refractivity contribution in [2.45, 2.75) is 26.4 Å². The molecule has 0 amide bonds. The van der Waals surface area contributed by atoms with Gasteiger partial charge >= 0.3 is 0 Å². The minimum absolute atomic E-state index is 0.351. The van der Waals surface area contributed by atoms with Crippen LogP contribution in [0.5, 0.6) is 5.75 Å². The number of aryl methyl sites for hydroxylation is 2. The van der Waals surface area contributed by atoms with E-state index in [4.69, 9.17) is 0 Å². The Hall–Kier alpha value is -1.88. The summed E-state index contributed by atoms with van der Waals surface area (Å²) in [5.41, 5.74) is 2.10. The number of rotatable bonds is 6. The van der Waals surface area contributed by atoms with E-state index in [0.717, 1.165) is 30.6 Å². The molecule has 0 fully saturated rings. The zero-order chi connectivity index (χ0) is 12.8. The third-order valence-corrected chi connectivity index (χ3v) is 2.76. The summed E-state index contributed by atoms with van der Waals surface area (Å²) in [6, 6.07) is 5.64. The van der Waals surface area contributed by atoms with Crippen LogP contribution >= 0.6 is 0 Å². The molecule has 0 atom stereocenters. The van der Waals surface area contributed by atoms with E-state index in [1.54, 1.807) is 12.3 Å². The van der Waals surface area contributed by atoms with Gasteiger partial charge in [0.2, 0.25) is 0 Å². The lowest BCUT2D eigenvalue weighted by Crippen LogP contribution is -2.16. The topological polar surface area (TPSA) is 63.0 Å². The third-order valence-electron chi connectivity index (χ3n) is 2.76. The zero-order valence-corrected chi connectivity index (χ0v) is 10.5. The maximum absolute atomic E-state index is 9.68. The largest absolute Gasteiger partial charge is 0.508 e. The summed E-state index contributed by atoms with van der Waals surface area (Å²) < 4.78 is 1.81. The second-order valence-electron chi connectivity index (χ2n) is 4.33. The predicted octanol–water partition coefficient (Wildman–Crippen LogP) is 1.47. The highest BCUT2D eigenvalue weighted by Crippen LogP contribution is 2.17. The third kappa shape index (κ3) is 3.56. The fourth-order valence-electron chi connectivity index (χ4n) is 1.80. The van der Waals surface area contributed by atoms with Crippen LogP contribution in [0.1, 0.15) is 17.5 Å². The molecule has 0 radical (unpaired) electrons. The molecule has 0 bridgehead atoms. The fourth-order valence-corrected chi connectivity index (χ4v) is 1.80. The molecule has 2 rings (SSSR count). The smallest absolute Gasteiger partial charge is 0.120 e. The molecule has 0 aliphatic rings. The van der Waals surface area contributed by atoms with Crippen molar-refractivity contribution in [1.82, 2.24) is 20.3 Å². The van der Waals surface area contributed by atoms with Crippen LogP contribution in [0.4, 0.5) is 0 Å². The van der Waals surface area contributed by atoms with Gasteiger partial charge in [0.25, 0.3) is 0 Å². The standard InChI is InChI=1S/C13H18N4O/c1-11-3-4-13(18)12(9-11)10-14-5-2-7-17-8-6-15-16-17/h3-4,6,8-9,14,18H,2,5,7,10H2,1H3. The Kier molecular flexibility index (Phi) is 4.30. The van der Waals surface area contributed by atoms with Crippen molar-refractivity contribution in [3.05, 3.63) is 41.7 Å². The summed E-state index contributed by atoms with van der Waals surface area (Å²) in [7, 11) is 0. The van der Waals surface area contributed by atoms with E-state index < -0.39 is 0 Å². The minimum atomic E-state index is 0.351. The second-order valence-corrected chi connectivity index (χ2v) is 4.33. The fraction of sp³-hybridized carbons (Fsp3) is 0.385. The number of aromatic hydroxyl groups is 1. The Bertz CT molecular complexity index is 482. The molecule has 18 heavy (non-hydrogen) atoms. The van der Waals surface area contributed by atoms with E-state index in [-0.39, 0.29) is 0 Å². The number of nitrogens with one attached hydrogen (secondary N) is 1. The molecule has 1 aromatic heterocycles. The normalized spacial score (nSPS) is 10.7. The molecule has 0 spiro atoms. The van der Waals surface area contributed by atoms with Crippen LogP contribution in [-0.2, 0) is 13.1 Å². The Morgan fingerprint density at radius 1 is 1.39 bits per heavy atom. The monoisotopic (exact) mass is 246 g/mol.